The Balaban J connectivity index is 2.32. The van der Waals surface area contributed by atoms with Gasteiger partial charge in [0.1, 0.15) is 0 Å². The van der Waals surface area contributed by atoms with Crippen LogP contribution in [0.3, 0.4) is 0 Å². The van der Waals surface area contributed by atoms with Crippen molar-refractivity contribution in [2.75, 3.05) is 13.6 Å². The number of nitriles is 1. The second kappa shape index (κ2) is 4.27. The molecule has 0 aromatic rings. The molecule has 1 fully saturated rings. The van der Waals surface area contributed by atoms with E-state index in [2.05, 4.69) is 0 Å². The summed E-state index contributed by atoms with van der Waals surface area (Å²) >= 11 is 0. The van der Waals surface area contributed by atoms with E-state index >= 15 is 0 Å². The van der Waals surface area contributed by atoms with Crippen LogP contribution in [0.15, 0.2) is 0 Å². The molecule has 0 aromatic heterocycles. The maximum absolute atomic E-state index is 11.6. The fourth-order valence-electron chi connectivity index (χ4n) is 1.47. The first-order valence-electron chi connectivity index (χ1n) is 4.78. The lowest BCUT2D eigenvalue weighted by Gasteiger charge is -2.19. The number of carbonyl (C=O) groups is 1. The minimum Gasteiger partial charge on any atom is -0.344 e. The summed E-state index contributed by atoms with van der Waals surface area (Å²) in [5, 5.41) is 8.37. The number of hydrogen-bond acceptors (Lipinski definition) is 2. The highest BCUT2D eigenvalue weighted by Gasteiger charge is 2.33. The summed E-state index contributed by atoms with van der Waals surface area (Å²) in [5.74, 6) is 0.957. The van der Waals surface area contributed by atoms with Gasteiger partial charge in [0.05, 0.1) is 12.5 Å². The quantitative estimate of drug-likeness (QED) is 0.656. The lowest BCUT2D eigenvalue weighted by atomic mass is 10.1. The summed E-state index contributed by atoms with van der Waals surface area (Å²) in [7, 11) is 1.78. The predicted molar refractivity (Wildman–Crippen MR) is 49.8 cm³/mol. The topological polar surface area (TPSA) is 44.1 Å². The summed E-state index contributed by atoms with van der Waals surface area (Å²) < 4.78 is 0. The van der Waals surface area contributed by atoms with Gasteiger partial charge in [0.15, 0.2) is 0 Å². The zero-order chi connectivity index (χ0) is 9.84. The molecule has 1 atom stereocenters. The standard InChI is InChI=1S/C10H16N2O/c1-8(9-4-5-9)10(13)12(2)7-3-6-11/h8-9H,3-5,7H2,1-2H3. The fourth-order valence-corrected chi connectivity index (χ4v) is 1.47. The van der Waals surface area contributed by atoms with Gasteiger partial charge in [-0.1, -0.05) is 6.92 Å². The van der Waals surface area contributed by atoms with Gasteiger partial charge in [-0.25, -0.2) is 0 Å². The van der Waals surface area contributed by atoms with E-state index in [1.54, 1.807) is 11.9 Å². The molecule has 3 heteroatoms. The molecule has 0 aliphatic heterocycles. The lowest BCUT2D eigenvalue weighted by molar-refractivity contribution is -0.134. The third kappa shape index (κ3) is 2.73. The zero-order valence-electron chi connectivity index (χ0n) is 8.29. The average Bonchev–Trinajstić information content (AvgIpc) is 2.94. The van der Waals surface area contributed by atoms with Gasteiger partial charge < -0.3 is 4.90 Å². The SMILES string of the molecule is CC(C(=O)N(C)CCC#N)C1CC1. The Kier molecular flexibility index (Phi) is 3.30. The summed E-state index contributed by atoms with van der Waals surface area (Å²) in [6.45, 7) is 2.55. The molecular formula is C10H16N2O. The first-order chi connectivity index (χ1) is 6.16. The number of rotatable bonds is 4. The molecule has 0 radical (unpaired) electrons. The highest BCUT2D eigenvalue weighted by Crippen LogP contribution is 2.37. The van der Waals surface area contributed by atoms with E-state index < -0.39 is 0 Å². The number of hydrogen-bond donors (Lipinski definition) is 0. The van der Waals surface area contributed by atoms with E-state index in [0.717, 1.165) is 0 Å². The molecule has 0 N–H and O–H groups in total. The minimum atomic E-state index is 0.156. The Labute approximate surface area is 79.3 Å². The van der Waals surface area contributed by atoms with Crippen LogP contribution in [0.5, 0.6) is 0 Å². The molecule has 0 aromatic carbocycles. The molecule has 1 aliphatic rings. The molecule has 1 rings (SSSR count). The number of nitrogens with zero attached hydrogens (tertiary/aromatic N) is 2. The van der Waals surface area contributed by atoms with Crippen molar-refractivity contribution < 1.29 is 4.79 Å². The Hall–Kier alpha value is -1.04. The van der Waals surface area contributed by atoms with Gasteiger partial charge in [0, 0.05) is 19.5 Å². The average molecular weight is 180 g/mol. The van der Waals surface area contributed by atoms with Crippen molar-refractivity contribution in [3.05, 3.63) is 0 Å². The summed E-state index contributed by atoms with van der Waals surface area (Å²) in [6, 6.07) is 2.04. The Morgan fingerprint density at radius 2 is 2.31 bits per heavy atom. The van der Waals surface area contributed by atoms with Gasteiger partial charge >= 0.3 is 0 Å². The van der Waals surface area contributed by atoms with E-state index in [4.69, 9.17) is 5.26 Å². The largest absolute Gasteiger partial charge is 0.344 e. The Morgan fingerprint density at radius 1 is 1.69 bits per heavy atom. The first kappa shape index (κ1) is 10.0. The fraction of sp³-hybridized carbons (Fsp3) is 0.800. The van der Waals surface area contributed by atoms with Crippen molar-refractivity contribution in [3.63, 3.8) is 0 Å². The van der Waals surface area contributed by atoms with Gasteiger partial charge in [-0.2, -0.15) is 5.26 Å². The van der Waals surface area contributed by atoms with E-state index in [1.165, 1.54) is 12.8 Å². The molecule has 1 amide bonds. The first-order valence-corrected chi connectivity index (χ1v) is 4.78. The summed E-state index contributed by atoms with van der Waals surface area (Å²) in [6.07, 6.45) is 2.82. The maximum atomic E-state index is 11.6. The van der Waals surface area contributed by atoms with Crippen molar-refractivity contribution in [1.82, 2.24) is 4.90 Å². The molecule has 13 heavy (non-hydrogen) atoms. The van der Waals surface area contributed by atoms with Crippen LogP contribution in [0, 0.1) is 23.2 Å². The van der Waals surface area contributed by atoms with Crippen LogP contribution in [-0.2, 0) is 4.79 Å². The Morgan fingerprint density at radius 3 is 2.77 bits per heavy atom. The van der Waals surface area contributed by atoms with Crippen LogP contribution in [0.25, 0.3) is 0 Å². The summed E-state index contributed by atoms with van der Waals surface area (Å²) in [4.78, 5) is 13.3. The molecule has 72 valence electrons. The van der Waals surface area contributed by atoms with Gasteiger partial charge in [0.25, 0.3) is 0 Å². The third-order valence-electron chi connectivity index (χ3n) is 2.65. The van der Waals surface area contributed by atoms with Gasteiger partial charge in [-0.3, -0.25) is 4.79 Å². The van der Waals surface area contributed by atoms with Gasteiger partial charge in [-0.05, 0) is 18.8 Å². The second-order valence-corrected chi connectivity index (χ2v) is 3.79. The minimum absolute atomic E-state index is 0.156. The molecule has 3 nitrogen and oxygen atoms in total. The second-order valence-electron chi connectivity index (χ2n) is 3.79. The third-order valence-corrected chi connectivity index (χ3v) is 2.65. The normalized spacial score (nSPS) is 17.6. The molecule has 0 saturated heterocycles. The van der Waals surface area contributed by atoms with Crippen LogP contribution in [-0.4, -0.2) is 24.4 Å². The van der Waals surface area contributed by atoms with Crippen LogP contribution in [0.4, 0.5) is 0 Å². The number of carbonyl (C=O) groups excluding carboxylic acids is 1. The Bertz CT molecular complexity index is 228. The van der Waals surface area contributed by atoms with Crippen molar-refractivity contribution in [2.24, 2.45) is 11.8 Å². The molecule has 0 spiro atoms. The molecule has 1 unspecified atom stereocenters. The molecule has 1 saturated carbocycles. The smallest absolute Gasteiger partial charge is 0.225 e. The van der Waals surface area contributed by atoms with Crippen LogP contribution in [0.1, 0.15) is 26.2 Å². The molecule has 0 heterocycles. The number of amides is 1. The van der Waals surface area contributed by atoms with Crippen molar-refractivity contribution in [3.8, 4) is 6.07 Å². The van der Waals surface area contributed by atoms with Gasteiger partial charge in [-0.15, -0.1) is 0 Å². The highest BCUT2D eigenvalue weighted by atomic mass is 16.2. The molecular weight excluding hydrogens is 164 g/mol. The van der Waals surface area contributed by atoms with Crippen molar-refractivity contribution >= 4 is 5.91 Å². The van der Waals surface area contributed by atoms with E-state index in [9.17, 15) is 4.79 Å². The molecule has 1 aliphatic carbocycles. The van der Waals surface area contributed by atoms with E-state index in [1.807, 2.05) is 13.0 Å². The van der Waals surface area contributed by atoms with Gasteiger partial charge in [0.2, 0.25) is 5.91 Å². The van der Waals surface area contributed by atoms with Crippen molar-refractivity contribution in [2.45, 2.75) is 26.2 Å². The van der Waals surface area contributed by atoms with E-state index in [-0.39, 0.29) is 11.8 Å². The summed E-state index contributed by atoms with van der Waals surface area (Å²) in [5.41, 5.74) is 0. The zero-order valence-corrected chi connectivity index (χ0v) is 8.29. The predicted octanol–water partition coefficient (Wildman–Crippen LogP) is 1.40. The highest BCUT2D eigenvalue weighted by molar-refractivity contribution is 5.78. The van der Waals surface area contributed by atoms with E-state index in [0.29, 0.717) is 18.9 Å². The lowest BCUT2D eigenvalue weighted by Crippen LogP contribution is -2.33. The van der Waals surface area contributed by atoms with Crippen LogP contribution >= 0.6 is 0 Å². The van der Waals surface area contributed by atoms with Crippen molar-refractivity contribution in [1.29, 1.82) is 5.26 Å². The monoisotopic (exact) mass is 180 g/mol. The van der Waals surface area contributed by atoms with Crippen LogP contribution < -0.4 is 0 Å². The van der Waals surface area contributed by atoms with Crippen LogP contribution in [0.2, 0.25) is 0 Å². The maximum Gasteiger partial charge on any atom is 0.225 e. The molecule has 0 bridgehead atoms.